The van der Waals surface area contributed by atoms with Crippen LogP contribution in [0.1, 0.15) is 12.1 Å². The van der Waals surface area contributed by atoms with Gasteiger partial charge in [0.1, 0.15) is 0 Å². The van der Waals surface area contributed by atoms with Gasteiger partial charge in [-0.15, -0.1) is 0 Å². The molecule has 0 aliphatic rings. The van der Waals surface area contributed by atoms with Crippen LogP contribution in [0, 0.1) is 11.7 Å². The topological polar surface area (TPSA) is 79.8 Å². The van der Waals surface area contributed by atoms with Crippen molar-refractivity contribution in [2.45, 2.75) is 19.9 Å². The van der Waals surface area contributed by atoms with Crippen molar-refractivity contribution in [3.63, 3.8) is 0 Å². The molecule has 4 aromatic rings. The van der Waals surface area contributed by atoms with Crippen molar-refractivity contribution >= 4 is 45.5 Å². The summed E-state index contributed by atoms with van der Waals surface area (Å²) in [6, 6.07) is 17.1. The Balaban J connectivity index is 1.48. The van der Waals surface area contributed by atoms with E-state index in [9.17, 15) is 9.59 Å². The standard InChI is InChI=1S/C21H18N4O2S2/c1-13-18(14-7-3-2-4-8-14)29-20(22-13)24-17(26)11-12-25-19(27)15-9-5-6-10-16(15)23-21(25)28/h2-10H,11-12H2,1H3,(H,23,28)(H,22,24,26). The number of anilines is 1. The number of para-hydroxylation sites is 1. The number of aromatic nitrogens is 3. The summed E-state index contributed by atoms with van der Waals surface area (Å²) in [5.74, 6) is -0.215. The van der Waals surface area contributed by atoms with Crippen LogP contribution < -0.4 is 10.9 Å². The summed E-state index contributed by atoms with van der Waals surface area (Å²) in [6.07, 6.45) is 0.120. The Morgan fingerprint density at radius 1 is 1.17 bits per heavy atom. The first-order chi connectivity index (χ1) is 14.0. The number of amides is 1. The molecule has 4 rings (SSSR count). The average Bonchev–Trinajstić information content (AvgIpc) is 3.08. The van der Waals surface area contributed by atoms with E-state index in [2.05, 4.69) is 15.3 Å². The van der Waals surface area contributed by atoms with Gasteiger partial charge < -0.3 is 10.3 Å². The molecule has 8 heteroatoms. The van der Waals surface area contributed by atoms with Gasteiger partial charge in [0.15, 0.2) is 9.90 Å². The summed E-state index contributed by atoms with van der Waals surface area (Å²) in [5, 5.41) is 3.92. The number of thiazole rings is 1. The van der Waals surface area contributed by atoms with Crippen molar-refractivity contribution in [2.24, 2.45) is 0 Å². The van der Waals surface area contributed by atoms with Crippen molar-refractivity contribution in [3.8, 4) is 10.4 Å². The van der Waals surface area contributed by atoms with Crippen molar-refractivity contribution in [2.75, 3.05) is 5.32 Å². The molecular weight excluding hydrogens is 404 g/mol. The molecule has 0 bridgehead atoms. The van der Waals surface area contributed by atoms with Crippen molar-refractivity contribution < 1.29 is 4.79 Å². The third kappa shape index (κ3) is 4.03. The smallest absolute Gasteiger partial charge is 0.262 e. The number of H-pyrrole nitrogens is 1. The maximum absolute atomic E-state index is 12.7. The second-order valence-corrected chi connectivity index (χ2v) is 7.92. The van der Waals surface area contributed by atoms with Gasteiger partial charge >= 0.3 is 0 Å². The van der Waals surface area contributed by atoms with Crippen molar-refractivity contribution in [1.82, 2.24) is 14.5 Å². The summed E-state index contributed by atoms with van der Waals surface area (Å²) in [7, 11) is 0. The lowest BCUT2D eigenvalue weighted by atomic mass is 10.2. The molecular formula is C21H18N4O2S2. The van der Waals surface area contributed by atoms with E-state index < -0.39 is 0 Å². The van der Waals surface area contributed by atoms with E-state index in [-0.39, 0.29) is 24.4 Å². The first kappa shape index (κ1) is 19.2. The van der Waals surface area contributed by atoms with Gasteiger partial charge in [0.05, 0.1) is 21.5 Å². The summed E-state index contributed by atoms with van der Waals surface area (Å²) < 4.78 is 1.72. The van der Waals surface area contributed by atoms with Crippen LogP contribution in [0.15, 0.2) is 59.4 Å². The molecule has 2 aromatic heterocycles. The number of aryl methyl sites for hydroxylation is 1. The van der Waals surface area contributed by atoms with Crippen LogP contribution in [0.4, 0.5) is 5.13 Å². The first-order valence-corrected chi connectivity index (χ1v) is 10.3. The molecule has 0 radical (unpaired) electrons. The van der Waals surface area contributed by atoms with Gasteiger partial charge in [0.2, 0.25) is 5.91 Å². The molecule has 2 aromatic carbocycles. The van der Waals surface area contributed by atoms with Crippen LogP contribution in [-0.4, -0.2) is 20.4 Å². The Kier molecular flexibility index (Phi) is 5.37. The molecule has 2 N–H and O–H groups in total. The molecule has 0 atom stereocenters. The van der Waals surface area contributed by atoms with Crippen LogP contribution in [0.25, 0.3) is 21.3 Å². The zero-order chi connectivity index (χ0) is 20.4. The molecule has 0 fully saturated rings. The summed E-state index contributed by atoms with van der Waals surface area (Å²) in [4.78, 5) is 33.6. The van der Waals surface area contributed by atoms with E-state index in [4.69, 9.17) is 12.2 Å². The Hall–Kier alpha value is -3.10. The van der Waals surface area contributed by atoms with Gasteiger partial charge in [0, 0.05) is 13.0 Å². The molecule has 6 nitrogen and oxygen atoms in total. The quantitative estimate of drug-likeness (QED) is 0.464. The lowest BCUT2D eigenvalue weighted by molar-refractivity contribution is -0.116. The van der Waals surface area contributed by atoms with Gasteiger partial charge in [-0.05, 0) is 36.8 Å². The minimum absolute atomic E-state index is 0.120. The molecule has 146 valence electrons. The number of rotatable bonds is 5. The number of fused-ring (bicyclic) bond motifs is 1. The maximum Gasteiger partial charge on any atom is 0.262 e. The highest BCUT2D eigenvalue weighted by Gasteiger charge is 2.13. The highest BCUT2D eigenvalue weighted by Crippen LogP contribution is 2.32. The normalized spacial score (nSPS) is 10.9. The Morgan fingerprint density at radius 3 is 2.69 bits per heavy atom. The van der Waals surface area contributed by atoms with E-state index in [1.165, 1.54) is 15.9 Å². The fourth-order valence-corrected chi connectivity index (χ4v) is 4.38. The molecule has 0 unspecified atom stereocenters. The largest absolute Gasteiger partial charge is 0.332 e. The molecule has 0 aliphatic heterocycles. The van der Waals surface area contributed by atoms with Crippen LogP contribution in [0.2, 0.25) is 0 Å². The van der Waals surface area contributed by atoms with E-state index >= 15 is 0 Å². The predicted molar refractivity (Wildman–Crippen MR) is 119 cm³/mol. The molecule has 0 spiro atoms. The first-order valence-electron chi connectivity index (χ1n) is 9.07. The van der Waals surface area contributed by atoms with E-state index in [1.807, 2.05) is 43.3 Å². The SMILES string of the molecule is Cc1nc(NC(=O)CCn2c(=S)[nH]c3ccccc3c2=O)sc1-c1ccccc1. The minimum atomic E-state index is -0.215. The molecule has 0 saturated heterocycles. The molecule has 0 aliphatic carbocycles. The van der Waals surface area contributed by atoms with Gasteiger partial charge in [-0.25, -0.2) is 4.98 Å². The average molecular weight is 423 g/mol. The number of benzene rings is 2. The highest BCUT2D eigenvalue weighted by atomic mass is 32.1. The van der Waals surface area contributed by atoms with Crippen molar-refractivity contribution in [1.29, 1.82) is 0 Å². The number of nitrogens with zero attached hydrogens (tertiary/aromatic N) is 2. The molecule has 0 saturated carbocycles. The van der Waals surface area contributed by atoms with Gasteiger partial charge in [-0.1, -0.05) is 53.8 Å². The minimum Gasteiger partial charge on any atom is -0.332 e. The maximum atomic E-state index is 12.7. The Labute approximate surface area is 175 Å². The number of carbonyl (C=O) groups is 1. The fourth-order valence-electron chi connectivity index (χ4n) is 3.10. The predicted octanol–water partition coefficient (Wildman–Crippen LogP) is 4.52. The second kappa shape index (κ2) is 8.10. The fraction of sp³-hybridized carbons (Fsp3) is 0.143. The van der Waals surface area contributed by atoms with Gasteiger partial charge in [-0.3, -0.25) is 14.2 Å². The van der Waals surface area contributed by atoms with Crippen LogP contribution >= 0.6 is 23.6 Å². The third-order valence-electron chi connectivity index (χ3n) is 4.53. The van der Waals surface area contributed by atoms with Gasteiger partial charge in [0.25, 0.3) is 5.56 Å². The number of hydrogen-bond acceptors (Lipinski definition) is 5. The van der Waals surface area contributed by atoms with E-state index in [1.54, 1.807) is 18.2 Å². The number of aromatic amines is 1. The van der Waals surface area contributed by atoms with Gasteiger partial charge in [-0.2, -0.15) is 0 Å². The highest BCUT2D eigenvalue weighted by molar-refractivity contribution is 7.71. The summed E-state index contributed by atoms with van der Waals surface area (Å²) in [6.45, 7) is 2.11. The monoisotopic (exact) mass is 422 g/mol. The lowest BCUT2D eigenvalue weighted by Crippen LogP contribution is -2.25. The van der Waals surface area contributed by atoms with Crippen molar-refractivity contribution in [3.05, 3.63) is 75.4 Å². The summed E-state index contributed by atoms with van der Waals surface area (Å²) >= 11 is 6.72. The number of carbonyl (C=O) groups excluding carboxylic acids is 1. The number of nitrogens with one attached hydrogen (secondary N) is 2. The molecule has 29 heavy (non-hydrogen) atoms. The molecule has 1 amide bonds. The molecule has 2 heterocycles. The zero-order valence-electron chi connectivity index (χ0n) is 15.6. The summed E-state index contributed by atoms with van der Waals surface area (Å²) in [5.41, 5.74) is 2.42. The second-order valence-electron chi connectivity index (χ2n) is 6.53. The number of hydrogen-bond donors (Lipinski definition) is 2. The Bertz CT molecular complexity index is 1310. The Morgan fingerprint density at radius 2 is 1.90 bits per heavy atom. The van der Waals surface area contributed by atoms with Crippen LogP contribution in [0.3, 0.4) is 0 Å². The van der Waals surface area contributed by atoms with Crippen LogP contribution in [-0.2, 0) is 11.3 Å². The third-order valence-corrected chi connectivity index (χ3v) is 5.98. The lowest BCUT2D eigenvalue weighted by Gasteiger charge is -2.07. The van der Waals surface area contributed by atoms with Crippen LogP contribution in [0.5, 0.6) is 0 Å². The van der Waals surface area contributed by atoms with E-state index in [0.717, 1.165) is 16.1 Å². The zero-order valence-corrected chi connectivity index (χ0v) is 17.3. The van der Waals surface area contributed by atoms with E-state index in [0.29, 0.717) is 20.8 Å².